The predicted octanol–water partition coefficient (Wildman–Crippen LogP) is 3.36. The molecule has 0 atom stereocenters. The maximum absolute atomic E-state index is 11.2. The van der Waals surface area contributed by atoms with Crippen LogP contribution in [0.4, 0.5) is 0 Å². The van der Waals surface area contributed by atoms with Crippen molar-refractivity contribution in [3.8, 4) is 11.5 Å². The first kappa shape index (κ1) is 15.6. The molecule has 0 aromatic carbocycles. The number of nitrogens with zero attached hydrogens (tertiary/aromatic N) is 4. The van der Waals surface area contributed by atoms with E-state index in [1.165, 1.54) is 6.92 Å². The smallest absolute Gasteiger partial charge is 0.179 e. The summed E-state index contributed by atoms with van der Waals surface area (Å²) in [6, 6.07) is 3.52. The lowest BCUT2D eigenvalue weighted by Gasteiger charge is -2.10. The van der Waals surface area contributed by atoms with Gasteiger partial charge in [0.15, 0.2) is 16.1 Å². The van der Waals surface area contributed by atoms with Gasteiger partial charge in [-0.15, -0.1) is 0 Å². The Hall–Kier alpha value is -2.28. The second-order valence-corrected chi connectivity index (χ2v) is 6.03. The van der Waals surface area contributed by atoms with Crippen molar-refractivity contribution in [2.24, 2.45) is 7.05 Å². The molecule has 0 spiro atoms. The molecule has 6 nitrogen and oxygen atoms in total. The molecule has 0 radical (unpaired) electrons. The van der Waals surface area contributed by atoms with Gasteiger partial charge in [0, 0.05) is 31.3 Å². The number of imidazole rings is 1. The zero-order chi connectivity index (χ0) is 16.6. The van der Waals surface area contributed by atoms with Gasteiger partial charge in [-0.1, -0.05) is 0 Å². The predicted molar refractivity (Wildman–Crippen MR) is 89.6 cm³/mol. The van der Waals surface area contributed by atoms with Gasteiger partial charge in [-0.3, -0.25) is 9.78 Å². The van der Waals surface area contributed by atoms with Crippen LogP contribution in [0.15, 0.2) is 29.3 Å². The normalized spacial score (nSPS) is 11.0. The highest BCUT2D eigenvalue weighted by atomic mass is 79.9. The van der Waals surface area contributed by atoms with Crippen molar-refractivity contribution >= 4 is 32.9 Å². The molecule has 3 aromatic heterocycles. The van der Waals surface area contributed by atoms with Gasteiger partial charge in [-0.05, 0) is 35.8 Å². The SMILES string of the molecule is CC(=O)Cc1cc(Oc2cnc3nc(Br)n(C)c3c2C)ccn1. The molecule has 3 heterocycles. The lowest BCUT2D eigenvalue weighted by Crippen LogP contribution is -1.99. The number of carbonyl (C=O) groups excluding carboxylic acids is 1. The minimum absolute atomic E-state index is 0.0636. The summed E-state index contributed by atoms with van der Waals surface area (Å²) in [6.45, 7) is 3.50. The summed E-state index contributed by atoms with van der Waals surface area (Å²) in [5.41, 5.74) is 3.20. The zero-order valence-electron chi connectivity index (χ0n) is 13.0. The van der Waals surface area contributed by atoms with Gasteiger partial charge in [0.05, 0.1) is 17.4 Å². The van der Waals surface area contributed by atoms with Gasteiger partial charge in [-0.25, -0.2) is 9.97 Å². The maximum atomic E-state index is 11.2. The number of fused-ring (bicyclic) bond motifs is 1. The molecular formula is C16H15BrN4O2. The third kappa shape index (κ3) is 3.10. The lowest BCUT2D eigenvalue weighted by atomic mass is 10.2. The van der Waals surface area contributed by atoms with E-state index in [0.717, 1.165) is 11.1 Å². The second-order valence-electron chi connectivity index (χ2n) is 5.32. The van der Waals surface area contributed by atoms with Crippen LogP contribution in [0.5, 0.6) is 11.5 Å². The van der Waals surface area contributed by atoms with E-state index in [-0.39, 0.29) is 5.78 Å². The molecule has 0 saturated heterocycles. The fraction of sp³-hybridized carbons (Fsp3) is 0.250. The van der Waals surface area contributed by atoms with Gasteiger partial charge in [0.1, 0.15) is 11.5 Å². The number of carbonyl (C=O) groups is 1. The van der Waals surface area contributed by atoms with Gasteiger partial charge in [0.2, 0.25) is 0 Å². The molecule has 3 aromatic rings. The number of aromatic nitrogens is 4. The lowest BCUT2D eigenvalue weighted by molar-refractivity contribution is -0.116. The molecule has 0 saturated carbocycles. The van der Waals surface area contributed by atoms with E-state index in [1.807, 2.05) is 18.5 Å². The number of hydrogen-bond acceptors (Lipinski definition) is 5. The number of aryl methyl sites for hydroxylation is 2. The molecule has 0 bridgehead atoms. The van der Waals surface area contributed by atoms with Gasteiger partial charge < -0.3 is 9.30 Å². The Morgan fingerprint density at radius 1 is 1.39 bits per heavy atom. The Morgan fingerprint density at radius 2 is 2.17 bits per heavy atom. The maximum Gasteiger partial charge on any atom is 0.179 e. The number of pyridine rings is 2. The number of hydrogen-bond donors (Lipinski definition) is 0. The average Bonchev–Trinajstić information content (AvgIpc) is 2.78. The Bertz CT molecular complexity index is 904. The van der Waals surface area contributed by atoms with Crippen LogP contribution >= 0.6 is 15.9 Å². The molecule has 7 heteroatoms. The molecule has 3 rings (SSSR count). The highest BCUT2D eigenvalue weighted by Crippen LogP contribution is 2.30. The molecule has 0 aliphatic rings. The van der Waals surface area contributed by atoms with E-state index in [2.05, 4.69) is 30.9 Å². The van der Waals surface area contributed by atoms with Crippen LogP contribution in [0, 0.1) is 6.92 Å². The summed E-state index contributed by atoms with van der Waals surface area (Å²) in [5.74, 6) is 1.34. The van der Waals surface area contributed by atoms with E-state index in [0.29, 0.717) is 34.0 Å². The van der Waals surface area contributed by atoms with Crippen molar-refractivity contribution < 1.29 is 9.53 Å². The van der Waals surface area contributed by atoms with E-state index < -0.39 is 0 Å². The van der Waals surface area contributed by atoms with Crippen LogP contribution < -0.4 is 4.74 Å². The molecule has 23 heavy (non-hydrogen) atoms. The van der Waals surface area contributed by atoms with Crippen LogP contribution in [-0.2, 0) is 18.3 Å². The van der Waals surface area contributed by atoms with Crippen molar-refractivity contribution in [2.45, 2.75) is 20.3 Å². The Labute approximate surface area is 141 Å². The first-order chi connectivity index (χ1) is 11.0. The summed E-state index contributed by atoms with van der Waals surface area (Å²) in [4.78, 5) is 24.1. The number of halogens is 1. The summed E-state index contributed by atoms with van der Waals surface area (Å²) >= 11 is 3.40. The standard InChI is InChI=1S/C16H15BrN4O2/c1-9(22)6-11-7-12(4-5-18-11)23-13-8-19-15-14(10(13)2)21(3)16(17)20-15/h4-5,7-8H,6H2,1-3H3. The third-order valence-corrected chi connectivity index (χ3v) is 4.21. The first-order valence-electron chi connectivity index (χ1n) is 7.05. The molecule has 0 fully saturated rings. The van der Waals surface area contributed by atoms with E-state index in [1.54, 1.807) is 24.5 Å². The second kappa shape index (κ2) is 6.08. The molecule has 0 amide bonds. The topological polar surface area (TPSA) is 69.9 Å². The van der Waals surface area contributed by atoms with Crippen LogP contribution in [0.3, 0.4) is 0 Å². The van der Waals surface area contributed by atoms with E-state index in [9.17, 15) is 4.79 Å². The van der Waals surface area contributed by atoms with Gasteiger partial charge in [-0.2, -0.15) is 0 Å². The number of rotatable bonds is 4. The van der Waals surface area contributed by atoms with Gasteiger partial charge in [0.25, 0.3) is 0 Å². The van der Waals surface area contributed by atoms with E-state index in [4.69, 9.17) is 4.74 Å². The molecule has 0 aliphatic carbocycles. The van der Waals surface area contributed by atoms with Crippen molar-refractivity contribution in [3.05, 3.63) is 40.5 Å². The summed E-state index contributed by atoms with van der Waals surface area (Å²) in [6.07, 6.45) is 3.58. The van der Waals surface area contributed by atoms with Crippen LogP contribution in [0.1, 0.15) is 18.2 Å². The monoisotopic (exact) mass is 374 g/mol. The van der Waals surface area contributed by atoms with Crippen LogP contribution in [-0.4, -0.2) is 25.3 Å². The highest BCUT2D eigenvalue weighted by Gasteiger charge is 2.14. The molecular weight excluding hydrogens is 360 g/mol. The number of ketones is 1. The summed E-state index contributed by atoms with van der Waals surface area (Å²) in [5, 5.41) is 0. The summed E-state index contributed by atoms with van der Waals surface area (Å²) < 4.78 is 8.56. The third-order valence-electron chi connectivity index (χ3n) is 3.50. The minimum Gasteiger partial charge on any atom is -0.455 e. The Morgan fingerprint density at radius 3 is 2.91 bits per heavy atom. The largest absolute Gasteiger partial charge is 0.455 e. The summed E-state index contributed by atoms with van der Waals surface area (Å²) in [7, 11) is 1.91. The highest BCUT2D eigenvalue weighted by molar-refractivity contribution is 9.10. The number of ether oxygens (including phenoxy) is 1. The first-order valence-corrected chi connectivity index (χ1v) is 7.84. The molecule has 0 unspecified atom stereocenters. The van der Waals surface area contributed by atoms with Crippen molar-refractivity contribution in [2.75, 3.05) is 0 Å². The van der Waals surface area contributed by atoms with Gasteiger partial charge >= 0.3 is 0 Å². The van der Waals surface area contributed by atoms with E-state index >= 15 is 0 Å². The molecule has 118 valence electrons. The zero-order valence-corrected chi connectivity index (χ0v) is 14.6. The quantitative estimate of drug-likeness (QED) is 0.700. The van der Waals surface area contributed by atoms with Crippen LogP contribution in [0.2, 0.25) is 0 Å². The minimum atomic E-state index is 0.0636. The fourth-order valence-corrected chi connectivity index (χ4v) is 2.75. The van der Waals surface area contributed by atoms with Crippen molar-refractivity contribution in [1.82, 2.24) is 19.5 Å². The van der Waals surface area contributed by atoms with Crippen molar-refractivity contribution in [1.29, 1.82) is 0 Å². The molecule has 0 aliphatic heterocycles. The van der Waals surface area contributed by atoms with Crippen LogP contribution in [0.25, 0.3) is 11.2 Å². The average molecular weight is 375 g/mol. The molecule has 0 N–H and O–H groups in total. The van der Waals surface area contributed by atoms with Crippen molar-refractivity contribution in [3.63, 3.8) is 0 Å². The fourth-order valence-electron chi connectivity index (χ4n) is 2.40. The Kier molecular flexibility index (Phi) is 4.12. The Balaban J connectivity index is 1.97. The number of Topliss-reactive ketones (excluding diaryl/α,β-unsaturated/α-hetero) is 1.